The zero-order valence-corrected chi connectivity index (χ0v) is 14.9. The Labute approximate surface area is 149 Å². The number of carbonyl (C=O) groups excluding carboxylic acids is 2. The Morgan fingerprint density at radius 1 is 1.19 bits per heavy atom. The van der Waals surface area contributed by atoms with Crippen LogP contribution in [0.3, 0.4) is 0 Å². The van der Waals surface area contributed by atoms with Crippen LogP contribution in [0.5, 0.6) is 5.75 Å². The number of pyridine rings is 1. The molecule has 0 aromatic carbocycles. The molecule has 2 heterocycles. The predicted octanol–water partition coefficient (Wildman–Crippen LogP) is 2.36. The van der Waals surface area contributed by atoms with Gasteiger partial charge in [0, 0.05) is 12.3 Å². The second-order valence-electron chi connectivity index (χ2n) is 6.29. The van der Waals surface area contributed by atoms with Crippen molar-refractivity contribution in [2.75, 3.05) is 7.11 Å². The van der Waals surface area contributed by atoms with Crippen LogP contribution in [0.25, 0.3) is 0 Å². The van der Waals surface area contributed by atoms with Crippen molar-refractivity contribution < 1.29 is 28.2 Å². The Bertz CT molecular complexity index is 847. The van der Waals surface area contributed by atoms with E-state index in [0.29, 0.717) is 0 Å². The Morgan fingerprint density at radius 2 is 1.92 bits per heavy atom. The van der Waals surface area contributed by atoms with Gasteiger partial charge in [0.1, 0.15) is 29.9 Å². The summed E-state index contributed by atoms with van der Waals surface area (Å²) in [4.78, 5) is 39.4. The summed E-state index contributed by atoms with van der Waals surface area (Å²) < 4.78 is 20.2. The van der Waals surface area contributed by atoms with Crippen LogP contribution in [0.15, 0.2) is 39.9 Å². The van der Waals surface area contributed by atoms with Gasteiger partial charge in [0.05, 0.1) is 12.7 Å². The molecule has 2 aromatic heterocycles. The Morgan fingerprint density at radius 3 is 2.46 bits per heavy atom. The summed E-state index contributed by atoms with van der Waals surface area (Å²) in [6.45, 7) is 5.01. The zero-order valence-electron chi connectivity index (χ0n) is 14.9. The van der Waals surface area contributed by atoms with Crippen LogP contribution in [-0.4, -0.2) is 29.6 Å². The van der Waals surface area contributed by atoms with Gasteiger partial charge in [-0.15, -0.1) is 0 Å². The largest absolute Gasteiger partial charge is 0.490 e. The predicted molar refractivity (Wildman–Crippen MR) is 90.1 cm³/mol. The number of nitrogens with zero attached hydrogens (tertiary/aromatic N) is 1. The van der Waals surface area contributed by atoms with Gasteiger partial charge in [-0.05, 0) is 32.9 Å². The molecule has 0 aliphatic carbocycles. The molecule has 0 bridgehead atoms. The van der Waals surface area contributed by atoms with E-state index >= 15 is 0 Å². The summed E-state index contributed by atoms with van der Waals surface area (Å²) in [5.74, 6) is -1.04. The molecule has 8 nitrogen and oxygen atoms in total. The summed E-state index contributed by atoms with van der Waals surface area (Å²) >= 11 is 0. The maximum Gasteiger partial charge on any atom is 0.357 e. The van der Waals surface area contributed by atoms with Crippen molar-refractivity contribution in [1.29, 1.82) is 0 Å². The van der Waals surface area contributed by atoms with Gasteiger partial charge < -0.3 is 18.6 Å². The van der Waals surface area contributed by atoms with E-state index in [1.807, 2.05) is 0 Å². The molecular formula is C18H19NO7. The normalized spacial score (nSPS) is 10.9. The van der Waals surface area contributed by atoms with Crippen LogP contribution in [-0.2, 0) is 16.1 Å². The lowest BCUT2D eigenvalue weighted by Gasteiger charge is -2.19. The van der Waals surface area contributed by atoms with Crippen molar-refractivity contribution in [2.45, 2.75) is 33.0 Å². The first-order chi connectivity index (χ1) is 12.2. The van der Waals surface area contributed by atoms with Crippen LogP contribution < -0.4 is 10.2 Å². The first kappa shape index (κ1) is 19.2. The van der Waals surface area contributed by atoms with E-state index in [-0.39, 0.29) is 34.8 Å². The summed E-state index contributed by atoms with van der Waals surface area (Å²) in [5, 5.41) is 0. The van der Waals surface area contributed by atoms with E-state index in [0.717, 1.165) is 6.26 Å². The van der Waals surface area contributed by atoms with E-state index in [2.05, 4.69) is 4.98 Å². The highest BCUT2D eigenvalue weighted by Gasteiger charge is 2.19. The SMILES string of the molecule is COc1coc(COC(=O)c2ccc(C(=O)OC(C)(C)C)cn2)cc1=O. The molecular weight excluding hydrogens is 342 g/mol. The molecule has 138 valence electrons. The summed E-state index contributed by atoms with van der Waals surface area (Å²) in [7, 11) is 1.35. The van der Waals surface area contributed by atoms with Gasteiger partial charge in [-0.2, -0.15) is 0 Å². The lowest BCUT2D eigenvalue weighted by atomic mass is 10.2. The minimum absolute atomic E-state index is 0.00756. The smallest absolute Gasteiger partial charge is 0.357 e. The fourth-order valence-electron chi connectivity index (χ4n) is 1.85. The molecule has 0 N–H and O–H groups in total. The molecule has 0 aliphatic heterocycles. The van der Waals surface area contributed by atoms with Crippen molar-refractivity contribution in [3.63, 3.8) is 0 Å². The first-order valence-electron chi connectivity index (χ1n) is 7.72. The maximum atomic E-state index is 12.0. The lowest BCUT2D eigenvalue weighted by Crippen LogP contribution is -2.24. The summed E-state index contributed by atoms with van der Waals surface area (Å²) in [6.07, 6.45) is 2.37. The number of esters is 2. The quantitative estimate of drug-likeness (QED) is 0.747. The van der Waals surface area contributed by atoms with E-state index in [1.165, 1.54) is 31.5 Å². The Kier molecular flexibility index (Phi) is 5.76. The van der Waals surface area contributed by atoms with E-state index in [9.17, 15) is 14.4 Å². The third-order valence-corrected chi connectivity index (χ3v) is 3.02. The highest BCUT2D eigenvalue weighted by Crippen LogP contribution is 2.12. The molecule has 2 rings (SSSR count). The number of hydrogen-bond donors (Lipinski definition) is 0. The molecule has 0 aliphatic rings. The Balaban J connectivity index is 1.98. The molecule has 0 amide bonds. The third-order valence-electron chi connectivity index (χ3n) is 3.02. The molecule has 0 radical (unpaired) electrons. The molecule has 26 heavy (non-hydrogen) atoms. The molecule has 0 atom stereocenters. The van der Waals surface area contributed by atoms with Crippen LogP contribution in [0.2, 0.25) is 0 Å². The number of carbonyl (C=O) groups is 2. The van der Waals surface area contributed by atoms with Gasteiger partial charge in [0.25, 0.3) is 0 Å². The number of ether oxygens (including phenoxy) is 3. The van der Waals surface area contributed by atoms with Gasteiger partial charge in [-0.25, -0.2) is 14.6 Å². The highest BCUT2D eigenvalue weighted by atomic mass is 16.6. The number of aromatic nitrogens is 1. The standard InChI is InChI=1S/C18H19NO7/c1-18(2,3)26-16(21)11-5-6-13(19-8-11)17(22)25-9-12-7-14(20)15(23-4)10-24-12/h5-8,10H,9H2,1-4H3. The second-order valence-corrected chi connectivity index (χ2v) is 6.29. The average Bonchev–Trinajstić information content (AvgIpc) is 2.58. The number of hydrogen-bond acceptors (Lipinski definition) is 8. The van der Waals surface area contributed by atoms with Gasteiger partial charge in [-0.3, -0.25) is 4.79 Å². The van der Waals surface area contributed by atoms with Gasteiger partial charge in [0.2, 0.25) is 11.2 Å². The molecule has 0 fully saturated rings. The first-order valence-corrected chi connectivity index (χ1v) is 7.72. The van der Waals surface area contributed by atoms with Crippen molar-refractivity contribution in [2.24, 2.45) is 0 Å². The zero-order chi connectivity index (χ0) is 19.3. The minimum atomic E-state index is -0.723. The third kappa shape index (κ3) is 5.17. The second kappa shape index (κ2) is 7.81. The summed E-state index contributed by atoms with van der Waals surface area (Å²) in [6, 6.07) is 3.95. The van der Waals surface area contributed by atoms with E-state index < -0.39 is 17.5 Å². The fourth-order valence-corrected chi connectivity index (χ4v) is 1.85. The minimum Gasteiger partial charge on any atom is -0.490 e. The molecule has 8 heteroatoms. The van der Waals surface area contributed by atoms with Crippen molar-refractivity contribution in [3.8, 4) is 5.75 Å². The van der Waals surface area contributed by atoms with Crippen LogP contribution >= 0.6 is 0 Å². The Hall–Kier alpha value is -3.16. The van der Waals surface area contributed by atoms with Crippen LogP contribution in [0.4, 0.5) is 0 Å². The van der Waals surface area contributed by atoms with Gasteiger partial charge in [0.15, 0.2) is 0 Å². The van der Waals surface area contributed by atoms with Crippen molar-refractivity contribution in [3.05, 3.63) is 57.9 Å². The van der Waals surface area contributed by atoms with Crippen LogP contribution in [0, 0.1) is 0 Å². The van der Waals surface area contributed by atoms with Crippen molar-refractivity contribution in [1.82, 2.24) is 4.98 Å². The number of rotatable bonds is 5. The van der Waals surface area contributed by atoms with Gasteiger partial charge in [-0.1, -0.05) is 0 Å². The molecule has 2 aromatic rings. The van der Waals surface area contributed by atoms with Gasteiger partial charge >= 0.3 is 11.9 Å². The average molecular weight is 361 g/mol. The molecule has 0 saturated heterocycles. The molecule has 0 unspecified atom stereocenters. The summed E-state index contributed by atoms with van der Waals surface area (Å²) in [5.41, 5.74) is -0.785. The topological polar surface area (TPSA) is 105 Å². The monoisotopic (exact) mass is 361 g/mol. The highest BCUT2D eigenvalue weighted by molar-refractivity contribution is 5.91. The van der Waals surface area contributed by atoms with Crippen molar-refractivity contribution >= 4 is 11.9 Å². The molecule has 0 spiro atoms. The van der Waals surface area contributed by atoms with E-state index in [1.54, 1.807) is 20.8 Å². The van der Waals surface area contributed by atoms with Crippen LogP contribution in [0.1, 0.15) is 47.4 Å². The lowest BCUT2D eigenvalue weighted by molar-refractivity contribution is 0.00683. The molecule has 0 saturated carbocycles. The fraction of sp³-hybridized carbons (Fsp3) is 0.333. The maximum absolute atomic E-state index is 12.0. The number of methoxy groups -OCH3 is 1. The van der Waals surface area contributed by atoms with E-state index in [4.69, 9.17) is 18.6 Å².